The van der Waals surface area contributed by atoms with Crippen molar-refractivity contribution < 1.29 is 9.47 Å². The van der Waals surface area contributed by atoms with E-state index >= 15 is 0 Å². The molecule has 0 spiro atoms. The lowest BCUT2D eigenvalue weighted by atomic mass is 10.0. The second-order valence-electron chi connectivity index (χ2n) is 4.51. The van der Waals surface area contributed by atoms with Crippen LogP contribution in [0.1, 0.15) is 26.7 Å². The van der Waals surface area contributed by atoms with Crippen molar-refractivity contribution in [1.82, 2.24) is 0 Å². The predicted octanol–water partition coefficient (Wildman–Crippen LogP) is 2.60. The van der Waals surface area contributed by atoms with E-state index in [1.807, 2.05) is 24.3 Å². The largest absolute Gasteiger partial charge is 0.488 e. The average molecular weight is 221 g/mol. The molecule has 2 unspecified atom stereocenters. The van der Waals surface area contributed by atoms with Gasteiger partial charge < -0.3 is 15.2 Å². The van der Waals surface area contributed by atoms with Crippen molar-refractivity contribution in [3.63, 3.8) is 0 Å². The van der Waals surface area contributed by atoms with Gasteiger partial charge in [-0.2, -0.15) is 0 Å². The van der Waals surface area contributed by atoms with Crippen LogP contribution in [-0.2, 0) is 4.74 Å². The van der Waals surface area contributed by atoms with Gasteiger partial charge in [0.05, 0.1) is 17.9 Å². The molecule has 2 N–H and O–H groups in total. The van der Waals surface area contributed by atoms with Gasteiger partial charge in [0, 0.05) is 12.8 Å². The molecule has 3 nitrogen and oxygen atoms in total. The molecular formula is C13H19NO2. The van der Waals surface area contributed by atoms with Crippen molar-refractivity contribution >= 4 is 5.69 Å². The summed E-state index contributed by atoms with van der Waals surface area (Å²) in [6, 6.07) is 7.64. The normalized spacial score (nSPS) is 30.0. The van der Waals surface area contributed by atoms with Crippen LogP contribution in [0.4, 0.5) is 5.69 Å². The minimum Gasteiger partial charge on any atom is -0.488 e. The highest BCUT2D eigenvalue weighted by molar-refractivity contribution is 5.51. The molecule has 1 aromatic rings. The maximum Gasteiger partial charge on any atom is 0.142 e. The predicted molar refractivity (Wildman–Crippen MR) is 64.5 cm³/mol. The van der Waals surface area contributed by atoms with Crippen LogP contribution in [0.5, 0.6) is 5.75 Å². The third-order valence-corrected chi connectivity index (χ3v) is 2.87. The topological polar surface area (TPSA) is 44.5 Å². The highest BCUT2D eigenvalue weighted by atomic mass is 16.5. The Labute approximate surface area is 96.5 Å². The summed E-state index contributed by atoms with van der Waals surface area (Å²) in [5.41, 5.74) is 6.55. The molecule has 16 heavy (non-hydrogen) atoms. The van der Waals surface area contributed by atoms with Crippen molar-refractivity contribution in [2.24, 2.45) is 0 Å². The molecule has 0 bridgehead atoms. The number of rotatable bonds is 2. The summed E-state index contributed by atoms with van der Waals surface area (Å²) in [4.78, 5) is 0. The fourth-order valence-corrected chi connectivity index (χ4v) is 2.21. The summed E-state index contributed by atoms with van der Waals surface area (Å²) in [5, 5.41) is 0. The van der Waals surface area contributed by atoms with E-state index in [1.54, 1.807) is 0 Å². The zero-order chi connectivity index (χ0) is 11.5. The molecule has 1 fully saturated rings. The van der Waals surface area contributed by atoms with E-state index in [0.717, 1.165) is 18.6 Å². The van der Waals surface area contributed by atoms with Crippen molar-refractivity contribution in [1.29, 1.82) is 0 Å². The molecular weight excluding hydrogens is 202 g/mol. The molecule has 0 saturated carbocycles. The second kappa shape index (κ2) is 4.74. The van der Waals surface area contributed by atoms with Gasteiger partial charge in [0.25, 0.3) is 0 Å². The Morgan fingerprint density at radius 3 is 2.44 bits per heavy atom. The third kappa shape index (κ3) is 2.67. The fraction of sp³-hybridized carbons (Fsp3) is 0.538. The van der Waals surface area contributed by atoms with Crippen LogP contribution >= 0.6 is 0 Å². The highest BCUT2D eigenvalue weighted by Gasteiger charge is 2.26. The number of para-hydroxylation sites is 2. The Hall–Kier alpha value is -1.22. The van der Waals surface area contributed by atoms with Gasteiger partial charge in [0.1, 0.15) is 11.9 Å². The minimum absolute atomic E-state index is 0.212. The van der Waals surface area contributed by atoms with Crippen molar-refractivity contribution in [2.45, 2.75) is 45.0 Å². The SMILES string of the molecule is CC1CC(Oc2ccccc2N)CC(C)O1. The summed E-state index contributed by atoms with van der Waals surface area (Å²) >= 11 is 0. The van der Waals surface area contributed by atoms with Crippen LogP contribution in [0.2, 0.25) is 0 Å². The molecule has 0 aromatic heterocycles. The quantitative estimate of drug-likeness (QED) is 0.781. The molecule has 1 aromatic carbocycles. The fourth-order valence-electron chi connectivity index (χ4n) is 2.21. The van der Waals surface area contributed by atoms with E-state index in [4.69, 9.17) is 15.2 Å². The van der Waals surface area contributed by atoms with E-state index in [1.165, 1.54) is 0 Å². The molecule has 3 heteroatoms. The van der Waals surface area contributed by atoms with Crippen LogP contribution in [0.25, 0.3) is 0 Å². The Bertz CT molecular complexity index is 344. The smallest absolute Gasteiger partial charge is 0.142 e. The van der Waals surface area contributed by atoms with Gasteiger partial charge in [-0.25, -0.2) is 0 Å². The molecule has 1 heterocycles. The number of hydrogen-bond acceptors (Lipinski definition) is 3. The molecule has 1 aliphatic rings. The van der Waals surface area contributed by atoms with Crippen LogP contribution in [-0.4, -0.2) is 18.3 Å². The van der Waals surface area contributed by atoms with Gasteiger partial charge >= 0.3 is 0 Å². The van der Waals surface area contributed by atoms with Crippen LogP contribution in [0, 0.1) is 0 Å². The Balaban J connectivity index is 2.02. The number of hydrogen-bond donors (Lipinski definition) is 1. The Morgan fingerprint density at radius 2 is 1.81 bits per heavy atom. The number of anilines is 1. The summed E-state index contributed by atoms with van der Waals surface area (Å²) in [5.74, 6) is 0.786. The number of nitrogens with two attached hydrogens (primary N) is 1. The number of benzene rings is 1. The van der Waals surface area contributed by atoms with E-state index in [9.17, 15) is 0 Å². The minimum atomic E-state index is 0.212. The maximum absolute atomic E-state index is 5.92. The van der Waals surface area contributed by atoms with Crippen LogP contribution in [0.15, 0.2) is 24.3 Å². The standard InChI is InChI=1S/C13H19NO2/c1-9-7-11(8-10(2)15-9)16-13-6-4-3-5-12(13)14/h3-6,9-11H,7-8,14H2,1-2H3. The second-order valence-corrected chi connectivity index (χ2v) is 4.51. The Morgan fingerprint density at radius 1 is 1.19 bits per heavy atom. The Kier molecular flexibility index (Phi) is 3.34. The van der Waals surface area contributed by atoms with Crippen LogP contribution in [0.3, 0.4) is 0 Å². The first-order valence-electron chi connectivity index (χ1n) is 5.81. The maximum atomic E-state index is 5.92. The van der Waals surface area contributed by atoms with Gasteiger partial charge in [-0.15, -0.1) is 0 Å². The molecule has 2 rings (SSSR count). The monoisotopic (exact) mass is 221 g/mol. The number of ether oxygens (including phenoxy) is 2. The molecule has 1 saturated heterocycles. The summed E-state index contributed by atoms with van der Waals surface area (Å²) in [6.07, 6.45) is 2.60. The lowest BCUT2D eigenvalue weighted by molar-refractivity contribution is -0.0720. The van der Waals surface area contributed by atoms with Gasteiger partial charge in [-0.05, 0) is 26.0 Å². The average Bonchev–Trinajstić information content (AvgIpc) is 2.20. The van der Waals surface area contributed by atoms with Gasteiger partial charge in [0.2, 0.25) is 0 Å². The molecule has 0 radical (unpaired) electrons. The van der Waals surface area contributed by atoms with Crippen molar-refractivity contribution in [3.05, 3.63) is 24.3 Å². The lowest BCUT2D eigenvalue weighted by Crippen LogP contribution is -2.35. The molecule has 88 valence electrons. The summed E-state index contributed by atoms with van der Waals surface area (Å²) in [7, 11) is 0. The van der Waals surface area contributed by atoms with Gasteiger partial charge in [-0.1, -0.05) is 12.1 Å². The molecule has 0 amide bonds. The van der Waals surface area contributed by atoms with Crippen molar-refractivity contribution in [3.8, 4) is 5.75 Å². The molecule has 0 aliphatic carbocycles. The summed E-state index contributed by atoms with van der Waals surface area (Å²) < 4.78 is 11.6. The van der Waals surface area contributed by atoms with Crippen LogP contribution < -0.4 is 10.5 Å². The van der Waals surface area contributed by atoms with Gasteiger partial charge in [0.15, 0.2) is 0 Å². The first-order chi connectivity index (χ1) is 7.65. The van der Waals surface area contributed by atoms with Gasteiger partial charge in [-0.3, -0.25) is 0 Å². The number of nitrogen functional groups attached to an aromatic ring is 1. The molecule has 1 aliphatic heterocycles. The van der Waals surface area contributed by atoms with Crippen molar-refractivity contribution in [2.75, 3.05) is 5.73 Å². The highest BCUT2D eigenvalue weighted by Crippen LogP contribution is 2.27. The first kappa shape index (κ1) is 11.3. The lowest BCUT2D eigenvalue weighted by Gasteiger charge is -2.32. The third-order valence-electron chi connectivity index (χ3n) is 2.87. The van der Waals surface area contributed by atoms with E-state index < -0.39 is 0 Å². The zero-order valence-corrected chi connectivity index (χ0v) is 9.85. The summed E-state index contributed by atoms with van der Waals surface area (Å²) in [6.45, 7) is 4.17. The van der Waals surface area contributed by atoms with E-state index in [-0.39, 0.29) is 18.3 Å². The molecule has 2 atom stereocenters. The van der Waals surface area contributed by atoms with E-state index in [0.29, 0.717) is 5.69 Å². The zero-order valence-electron chi connectivity index (χ0n) is 9.85. The first-order valence-corrected chi connectivity index (χ1v) is 5.81. The van der Waals surface area contributed by atoms with E-state index in [2.05, 4.69) is 13.8 Å².